The zero-order valence-corrected chi connectivity index (χ0v) is 17.2. The van der Waals surface area contributed by atoms with Crippen molar-refractivity contribution < 1.29 is 14.6 Å². The number of nitrogens with zero attached hydrogens (tertiary/aromatic N) is 2. The molecule has 3 N–H and O–H groups in total. The Kier molecular flexibility index (Phi) is 4.65. The van der Waals surface area contributed by atoms with Crippen molar-refractivity contribution in [3.05, 3.63) is 53.1 Å². The molecule has 6 nitrogen and oxygen atoms in total. The average Bonchev–Trinajstić information content (AvgIpc) is 3.41. The third-order valence-electron chi connectivity index (χ3n) is 6.98. The second-order valence-corrected chi connectivity index (χ2v) is 8.61. The lowest BCUT2D eigenvalue weighted by atomic mass is 9.75. The predicted octanol–water partition coefficient (Wildman–Crippen LogP) is 4.32. The van der Waals surface area contributed by atoms with E-state index in [1.54, 1.807) is 13.2 Å². The summed E-state index contributed by atoms with van der Waals surface area (Å²) in [6.07, 6.45) is 6.91. The van der Waals surface area contributed by atoms with Gasteiger partial charge in [-0.3, -0.25) is 5.01 Å². The van der Waals surface area contributed by atoms with Crippen LogP contribution in [0.4, 0.5) is 11.4 Å². The molecule has 6 heteroatoms. The summed E-state index contributed by atoms with van der Waals surface area (Å²) in [5, 5.41) is 16.7. The molecule has 2 aliphatic carbocycles. The van der Waals surface area contributed by atoms with Gasteiger partial charge in [0, 0.05) is 17.5 Å². The van der Waals surface area contributed by atoms with Crippen molar-refractivity contribution in [2.24, 2.45) is 16.9 Å². The lowest BCUT2D eigenvalue weighted by Gasteiger charge is -2.34. The van der Waals surface area contributed by atoms with E-state index in [-0.39, 0.29) is 0 Å². The van der Waals surface area contributed by atoms with Gasteiger partial charge in [0.1, 0.15) is 5.75 Å². The summed E-state index contributed by atoms with van der Waals surface area (Å²) in [5.41, 5.74) is 11.3. The number of hydrazone groups is 1. The third kappa shape index (κ3) is 3.02. The van der Waals surface area contributed by atoms with Crippen LogP contribution in [0.25, 0.3) is 0 Å². The highest BCUT2D eigenvalue weighted by Gasteiger charge is 2.45. The van der Waals surface area contributed by atoms with E-state index < -0.39 is 5.97 Å². The molecule has 2 atom stereocenters. The minimum atomic E-state index is -0.882. The topological polar surface area (TPSA) is 88.1 Å². The second kappa shape index (κ2) is 7.35. The van der Waals surface area contributed by atoms with E-state index in [0.717, 1.165) is 35.4 Å². The van der Waals surface area contributed by atoms with Gasteiger partial charge in [0.2, 0.25) is 0 Å². The van der Waals surface area contributed by atoms with Crippen LogP contribution in [-0.2, 0) is 6.42 Å². The Morgan fingerprint density at radius 1 is 1.17 bits per heavy atom. The fourth-order valence-corrected chi connectivity index (χ4v) is 5.54. The number of aromatic carboxylic acids is 1. The highest BCUT2D eigenvalue weighted by atomic mass is 16.5. The molecule has 0 saturated heterocycles. The van der Waals surface area contributed by atoms with Gasteiger partial charge in [-0.2, -0.15) is 5.10 Å². The highest BCUT2D eigenvalue weighted by Crippen LogP contribution is 2.45. The monoisotopic (exact) mass is 405 g/mol. The summed E-state index contributed by atoms with van der Waals surface area (Å²) in [5.74, 6) is 0.756. The highest BCUT2D eigenvalue weighted by molar-refractivity contribution is 6.07. The molecule has 1 unspecified atom stereocenters. The fraction of sp³-hybridized carbons (Fsp3) is 0.417. The Hall–Kier alpha value is -3.02. The number of carboxylic acid groups (broad SMARTS) is 1. The number of aryl methyl sites for hydroxylation is 1. The number of nitrogens with two attached hydrogens (primary N) is 1. The summed E-state index contributed by atoms with van der Waals surface area (Å²) >= 11 is 0. The van der Waals surface area contributed by atoms with Crippen molar-refractivity contribution in [1.82, 2.24) is 0 Å². The molecule has 2 aromatic rings. The first-order chi connectivity index (χ1) is 14.6. The number of hydrogen-bond donors (Lipinski definition) is 2. The molecular formula is C24H27N3O3. The standard InChI is InChI=1S/C24H27N3O3/c1-30-21-13-17(8-11-20(21)25)27-23(14-4-2-3-5-14)19-10-6-15-12-16(24(28)29)7-9-18(15)22(19)26-27/h7-9,11-14,19,23H,2-6,10,25H2,1H3,(H,28,29)/t19-,23?/m1/s1. The number of anilines is 2. The number of methoxy groups -OCH3 is 1. The second-order valence-electron chi connectivity index (χ2n) is 8.61. The quantitative estimate of drug-likeness (QED) is 0.740. The Morgan fingerprint density at radius 2 is 1.97 bits per heavy atom. The Labute approximate surface area is 176 Å². The maximum Gasteiger partial charge on any atom is 0.335 e. The van der Waals surface area contributed by atoms with Gasteiger partial charge in [-0.15, -0.1) is 0 Å². The molecule has 0 radical (unpaired) electrons. The third-order valence-corrected chi connectivity index (χ3v) is 6.98. The van der Waals surface area contributed by atoms with E-state index in [1.165, 1.54) is 25.7 Å². The zero-order chi connectivity index (χ0) is 20.8. The van der Waals surface area contributed by atoms with Crippen LogP contribution in [0, 0.1) is 11.8 Å². The molecule has 1 saturated carbocycles. The van der Waals surface area contributed by atoms with Gasteiger partial charge in [-0.1, -0.05) is 18.9 Å². The molecule has 3 aliphatic rings. The van der Waals surface area contributed by atoms with E-state index in [1.807, 2.05) is 30.3 Å². The first-order valence-corrected chi connectivity index (χ1v) is 10.7. The number of nitrogen functional groups attached to an aromatic ring is 1. The number of rotatable bonds is 4. The summed E-state index contributed by atoms with van der Waals surface area (Å²) < 4.78 is 5.46. The first kappa shape index (κ1) is 19.0. The number of ether oxygens (including phenoxy) is 1. The lowest BCUT2D eigenvalue weighted by molar-refractivity contribution is 0.0696. The van der Waals surface area contributed by atoms with Crippen LogP contribution >= 0.6 is 0 Å². The van der Waals surface area contributed by atoms with E-state index in [2.05, 4.69) is 5.01 Å². The normalized spacial score (nSPS) is 23.1. The molecule has 30 heavy (non-hydrogen) atoms. The Bertz CT molecular complexity index is 1030. The summed E-state index contributed by atoms with van der Waals surface area (Å²) in [6.45, 7) is 0. The summed E-state index contributed by atoms with van der Waals surface area (Å²) in [4.78, 5) is 11.4. The van der Waals surface area contributed by atoms with Crippen molar-refractivity contribution in [2.45, 2.75) is 44.6 Å². The van der Waals surface area contributed by atoms with E-state index in [4.69, 9.17) is 15.6 Å². The van der Waals surface area contributed by atoms with E-state index >= 15 is 0 Å². The predicted molar refractivity (Wildman–Crippen MR) is 117 cm³/mol. The number of carbonyl (C=O) groups is 1. The van der Waals surface area contributed by atoms with Gasteiger partial charge in [-0.05, 0) is 61.4 Å². The molecule has 1 fully saturated rings. The van der Waals surface area contributed by atoms with Gasteiger partial charge in [0.25, 0.3) is 0 Å². The van der Waals surface area contributed by atoms with Crippen LogP contribution in [0.2, 0.25) is 0 Å². The van der Waals surface area contributed by atoms with Crippen LogP contribution in [0.1, 0.15) is 53.6 Å². The molecule has 1 aliphatic heterocycles. The number of carboxylic acids is 1. The minimum absolute atomic E-state index is 0.322. The van der Waals surface area contributed by atoms with Crippen LogP contribution < -0.4 is 15.5 Å². The van der Waals surface area contributed by atoms with Gasteiger partial charge in [0.05, 0.1) is 35.8 Å². The maximum atomic E-state index is 11.4. The van der Waals surface area contributed by atoms with Crippen LogP contribution in [0.15, 0.2) is 41.5 Å². The molecule has 1 heterocycles. The fourth-order valence-electron chi connectivity index (χ4n) is 5.54. The summed E-state index contributed by atoms with van der Waals surface area (Å²) in [6, 6.07) is 11.7. The zero-order valence-electron chi connectivity index (χ0n) is 17.2. The molecule has 0 amide bonds. The van der Waals surface area contributed by atoms with Gasteiger partial charge in [0.15, 0.2) is 0 Å². The van der Waals surface area contributed by atoms with Gasteiger partial charge < -0.3 is 15.6 Å². The molecule has 5 rings (SSSR count). The molecule has 0 bridgehead atoms. The molecule has 0 spiro atoms. The van der Waals surface area contributed by atoms with Crippen LogP contribution in [0.5, 0.6) is 5.75 Å². The van der Waals surface area contributed by atoms with Crippen molar-refractivity contribution in [1.29, 1.82) is 0 Å². The van der Waals surface area contributed by atoms with Crippen LogP contribution in [0.3, 0.4) is 0 Å². The van der Waals surface area contributed by atoms with Crippen molar-refractivity contribution >= 4 is 23.1 Å². The molecular weight excluding hydrogens is 378 g/mol. The minimum Gasteiger partial charge on any atom is -0.495 e. The molecule has 2 aromatic carbocycles. The number of hydrogen-bond acceptors (Lipinski definition) is 5. The average molecular weight is 405 g/mol. The molecule has 156 valence electrons. The largest absolute Gasteiger partial charge is 0.495 e. The lowest BCUT2D eigenvalue weighted by Crippen LogP contribution is -2.40. The van der Waals surface area contributed by atoms with E-state index in [9.17, 15) is 9.90 Å². The van der Waals surface area contributed by atoms with Gasteiger partial charge >= 0.3 is 5.97 Å². The van der Waals surface area contributed by atoms with Crippen molar-refractivity contribution in [3.63, 3.8) is 0 Å². The maximum absolute atomic E-state index is 11.4. The first-order valence-electron chi connectivity index (χ1n) is 10.7. The summed E-state index contributed by atoms with van der Waals surface area (Å²) in [7, 11) is 1.63. The number of benzene rings is 2. The van der Waals surface area contributed by atoms with Crippen molar-refractivity contribution in [3.8, 4) is 5.75 Å². The molecule has 0 aromatic heterocycles. The Balaban J connectivity index is 1.59. The Morgan fingerprint density at radius 3 is 2.70 bits per heavy atom. The SMILES string of the molecule is COc1cc(N2N=C3c4ccc(C(=O)O)cc4CC[C@H]3C2C2CCCC2)ccc1N. The number of fused-ring (bicyclic) bond motifs is 3. The van der Waals surface area contributed by atoms with Gasteiger partial charge in [-0.25, -0.2) is 4.79 Å². The smallest absolute Gasteiger partial charge is 0.335 e. The van der Waals surface area contributed by atoms with E-state index in [0.29, 0.717) is 34.9 Å². The van der Waals surface area contributed by atoms with Crippen molar-refractivity contribution in [2.75, 3.05) is 17.9 Å². The van der Waals surface area contributed by atoms with Crippen LogP contribution in [-0.4, -0.2) is 29.9 Å².